The number of aromatic hydroxyl groups is 3. The lowest BCUT2D eigenvalue weighted by Crippen LogP contribution is -2.78. The summed E-state index contributed by atoms with van der Waals surface area (Å²) in [4.78, 5) is 22.8. The first-order valence-corrected chi connectivity index (χ1v) is 32.5. The number of phenolic OH excluding ortho intramolecular Hbond substituents is 3. The van der Waals surface area contributed by atoms with E-state index in [4.69, 9.17) is 14.2 Å². The van der Waals surface area contributed by atoms with Gasteiger partial charge in [-0.3, -0.25) is 24.4 Å². The van der Waals surface area contributed by atoms with Gasteiger partial charge in [-0.2, -0.15) is 0 Å². The number of likely N-dealkylation sites (N-methyl/N-ethyl adjacent to an activating group) is 2. The number of nitrogens with one attached hydrogen (secondary N) is 1. The van der Waals surface area contributed by atoms with Gasteiger partial charge in [0.25, 0.3) is 0 Å². The van der Waals surface area contributed by atoms with E-state index in [1.54, 1.807) is 18.2 Å². The van der Waals surface area contributed by atoms with Crippen molar-refractivity contribution in [3.05, 3.63) is 106 Å². The second-order valence-corrected chi connectivity index (χ2v) is 29.2. The molecule has 0 radical (unpaired) electrons. The number of Topliss-reactive ketones (excluding diaryl/α,β-unsaturated/α-hetero) is 1. The lowest BCUT2D eigenvalue weighted by molar-refractivity contribution is -0.200. The van der Waals surface area contributed by atoms with Crippen LogP contribution < -0.4 is 19.5 Å². The highest BCUT2D eigenvalue weighted by Gasteiger charge is 2.76. The molecule has 9 fully saturated rings. The number of likely N-dealkylation sites (tertiary alicyclic amines) is 3. The molecule has 0 amide bonds. The van der Waals surface area contributed by atoms with E-state index in [0.29, 0.717) is 30.1 Å². The van der Waals surface area contributed by atoms with Crippen LogP contribution in [0.3, 0.4) is 0 Å². The van der Waals surface area contributed by atoms with Crippen molar-refractivity contribution in [3.63, 3.8) is 0 Å². The summed E-state index contributed by atoms with van der Waals surface area (Å²) < 4.78 is 19.2. The van der Waals surface area contributed by atoms with Crippen molar-refractivity contribution in [2.45, 2.75) is 204 Å². The highest BCUT2D eigenvalue weighted by Crippen LogP contribution is 2.69. The first-order chi connectivity index (χ1) is 40.6. The van der Waals surface area contributed by atoms with Crippen molar-refractivity contribution in [1.29, 1.82) is 0 Å². The van der Waals surface area contributed by atoms with E-state index in [0.717, 1.165) is 150 Å². The zero-order valence-electron chi connectivity index (χ0n) is 49.0. The van der Waals surface area contributed by atoms with Crippen LogP contribution in [0, 0.1) is 17.8 Å². The number of carbonyl (C=O) groups excluding carboxylic acids is 1. The average molecular weight is 1140 g/mol. The molecule has 84 heavy (non-hydrogen) atoms. The molecule has 9 aliphatic carbocycles. The summed E-state index contributed by atoms with van der Waals surface area (Å²) in [5, 5.41) is 71.8. The first kappa shape index (κ1) is 53.3. The zero-order chi connectivity index (χ0) is 57.0. The topological polar surface area (TPSA) is 191 Å². The number of benzene rings is 4. The number of piperidine rings is 3. The standard InChI is InChI=1S/C28H34N2O3.C21H28N2O3.C20H23NO4/c1-29(16-18-5-3-2-4-6-18)21-11-12-28(32)23-15-20-9-10-22(31)25-24(20)27(28,26(21)33-25)13-14-30(23)17-19-7-8-19;1-22-14-6-7-21(25)16-10-13-4-5-15(24)18-17(13)20(21,19(14)26-18)8-9-23(16)11-12-2-3-12;22-13-4-3-12-9-15-20(24)6-5-14(23)18-19(20,16(12)17(13)25-18)7-8-21(15)10-11-1-2-11/h2-6,9-10,19,21,23,26,31-32H,7-8,11-17H2,1H3;4-5,12,14,16,19,22,24-25H,2-3,6-11H2,1H3;3-4,11,15,18,22,24H,1-2,5-10H2/t21-,23-,26+,27+,28-;14-,16-,19+,20+,21-;15-,18+,19+,20-/m111/s1. The van der Waals surface area contributed by atoms with Crippen LogP contribution in [0.15, 0.2) is 66.7 Å². The van der Waals surface area contributed by atoms with Gasteiger partial charge < -0.3 is 50.2 Å². The third-order valence-electron chi connectivity index (χ3n) is 25.3. The predicted molar refractivity (Wildman–Crippen MR) is 314 cm³/mol. The summed E-state index contributed by atoms with van der Waals surface area (Å²) in [5.41, 5.74) is 4.14. The number of ether oxygens (including phenoxy) is 3. The number of rotatable bonds is 10. The molecule has 6 saturated carbocycles. The van der Waals surface area contributed by atoms with E-state index in [2.05, 4.69) is 74.4 Å². The molecule has 15 aliphatic rings. The average Bonchev–Trinajstić information content (AvgIpc) is 1.39. The maximum Gasteiger partial charge on any atom is 0.174 e. The van der Waals surface area contributed by atoms with E-state index in [-0.39, 0.29) is 70.9 Å². The number of ketones is 1. The van der Waals surface area contributed by atoms with Gasteiger partial charge in [-0.15, -0.1) is 0 Å². The molecule has 446 valence electrons. The van der Waals surface area contributed by atoms with Crippen LogP contribution in [0.25, 0.3) is 0 Å². The van der Waals surface area contributed by atoms with Gasteiger partial charge in [0.15, 0.2) is 46.4 Å². The highest BCUT2D eigenvalue weighted by atomic mass is 16.5. The monoisotopic (exact) mass is 1140 g/mol. The molecule has 4 aromatic carbocycles. The van der Waals surface area contributed by atoms with Crippen LogP contribution in [0.2, 0.25) is 0 Å². The number of carbonyl (C=O) groups is 1. The van der Waals surface area contributed by atoms with Crippen molar-refractivity contribution in [3.8, 4) is 34.5 Å². The highest BCUT2D eigenvalue weighted by molar-refractivity contribution is 5.90. The number of hydrogen-bond acceptors (Lipinski definition) is 15. The Morgan fingerprint density at radius 2 is 0.976 bits per heavy atom. The molecule has 15 nitrogen and oxygen atoms in total. The van der Waals surface area contributed by atoms with Crippen molar-refractivity contribution in [2.24, 2.45) is 17.8 Å². The molecule has 15 heteroatoms. The van der Waals surface area contributed by atoms with Crippen LogP contribution in [0.5, 0.6) is 34.5 Å². The van der Waals surface area contributed by atoms with Gasteiger partial charge in [0.05, 0.1) is 33.0 Å². The second-order valence-electron chi connectivity index (χ2n) is 29.2. The molecule has 3 saturated heterocycles. The summed E-state index contributed by atoms with van der Waals surface area (Å²) in [6.07, 6.45) is 16.4. The van der Waals surface area contributed by atoms with Gasteiger partial charge in [-0.1, -0.05) is 48.5 Å². The predicted octanol–water partition coefficient (Wildman–Crippen LogP) is 6.53. The Morgan fingerprint density at radius 1 is 0.536 bits per heavy atom. The van der Waals surface area contributed by atoms with Crippen LogP contribution in [-0.2, 0) is 46.8 Å². The third kappa shape index (κ3) is 7.12. The summed E-state index contributed by atoms with van der Waals surface area (Å²) >= 11 is 0. The van der Waals surface area contributed by atoms with Gasteiger partial charge in [0.1, 0.15) is 12.2 Å². The van der Waals surface area contributed by atoms with Gasteiger partial charge in [-0.05, 0) is 201 Å². The summed E-state index contributed by atoms with van der Waals surface area (Å²) in [6.45, 7) is 7.08. The molecular weight excluding hydrogens is 1060 g/mol. The molecule has 0 unspecified atom stereocenters. The van der Waals surface area contributed by atoms with E-state index in [1.807, 2.05) is 13.1 Å². The molecule has 6 heterocycles. The smallest absolute Gasteiger partial charge is 0.174 e. The van der Waals surface area contributed by atoms with E-state index >= 15 is 0 Å². The van der Waals surface area contributed by atoms with Crippen molar-refractivity contribution < 1.29 is 49.6 Å². The third-order valence-corrected chi connectivity index (χ3v) is 25.3. The van der Waals surface area contributed by atoms with Crippen LogP contribution >= 0.6 is 0 Å². The Bertz CT molecular complexity index is 3350. The van der Waals surface area contributed by atoms with Gasteiger partial charge >= 0.3 is 0 Å². The van der Waals surface area contributed by atoms with Crippen molar-refractivity contribution in [1.82, 2.24) is 24.9 Å². The van der Waals surface area contributed by atoms with Crippen LogP contribution in [0.1, 0.15) is 135 Å². The number of hydrogen-bond donors (Lipinski definition) is 7. The number of phenols is 3. The number of nitrogens with zero attached hydrogens (tertiary/aromatic N) is 4. The van der Waals surface area contributed by atoms with E-state index < -0.39 is 33.7 Å². The largest absolute Gasteiger partial charge is 0.504 e. The molecule has 6 bridgehead atoms. The summed E-state index contributed by atoms with van der Waals surface area (Å²) in [6, 6.07) is 22.7. The molecule has 19 rings (SSSR count). The molecule has 3 spiro atoms. The van der Waals surface area contributed by atoms with Crippen LogP contribution in [-0.4, -0.2) is 175 Å². The molecule has 14 atom stereocenters. The maximum atomic E-state index is 12.7. The molecule has 7 N–H and O–H groups in total. The second kappa shape index (κ2) is 18.5. The first-order valence-electron chi connectivity index (χ1n) is 32.5. The molecule has 4 aromatic rings. The van der Waals surface area contributed by atoms with E-state index in [1.165, 1.54) is 55.2 Å². The minimum atomic E-state index is -0.940. The Balaban J connectivity index is 0.000000100. The fourth-order valence-electron chi connectivity index (χ4n) is 20.9. The molecule has 0 aromatic heterocycles. The minimum absolute atomic E-state index is 0.0454. The van der Waals surface area contributed by atoms with Gasteiger partial charge in [0, 0.05) is 79.5 Å². The Morgan fingerprint density at radius 3 is 1.48 bits per heavy atom. The summed E-state index contributed by atoms with van der Waals surface area (Å²) in [7, 11) is 4.18. The van der Waals surface area contributed by atoms with Crippen molar-refractivity contribution in [2.75, 3.05) is 53.4 Å². The Hall–Kier alpha value is -4.97. The minimum Gasteiger partial charge on any atom is -0.504 e. The SMILES string of the molecule is CN(Cc1ccccc1)[C@@H]1CC[C@@]2(O)[C@H]3Cc4ccc(O)c5c4[C@@]2(CCN3CC2CC2)[C@H]1O5.CN[C@@H]1CC[C@@]2(O)[C@H]3Cc4ccc(O)c5c4[C@@]2(CCN3CC2CC2)[C@H]1O5.O=C1CC[C@@]2(O)[C@H]3Cc4ccc(O)c5c4[C@@]2(CCN3CC2CC2)[C@H]1O5. The fraction of sp³-hybridized carbons (Fsp3) is 0.638. The Kier molecular flexibility index (Phi) is 11.8. The lowest BCUT2D eigenvalue weighted by Gasteiger charge is -2.64. The fourth-order valence-corrected chi connectivity index (χ4v) is 20.9. The lowest BCUT2D eigenvalue weighted by atomic mass is 9.48. The number of aliphatic hydroxyl groups is 3. The zero-order valence-corrected chi connectivity index (χ0v) is 49.0. The maximum absolute atomic E-state index is 12.7. The normalized spacial score (nSPS) is 40.0. The van der Waals surface area contributed by atoms with Gasteiger partial charge in [-0.25, -0.2) is 0 Å². The molecular formula is C69H85N5O10. The van der Waals surface area contributed by atoms with Crippen molar-refractivity contribution >= 4 is 5.78 Å². The molecule has 6 aliphatic heterocycles. The quantitative estimate of drug-likeness (QED) is 0.0908. The summed E-state index contributed by atoms with van der Waals surface area (Å²) in [5.74, 6) is 4.76. The van der Waals surface area contributed by atoms with E-state index in [9.17, 15) is 35.4 Å². The Labute approximate surface area is 493 Å². The van der Waals surface area contributed by atoms with Gasteiger partial charge in [0.2, 0.25) is 0 Å². The van der Waals surface area contributed by atoms with Crippen LogP contribution in [0.4, 0.5) is 0 Å².